The van der Waals surface area contributed by atoms with Gasteiger partial charge in [0.2, 0.25) is 0 Å². The van der Waals surface area contributed by atoms with Gasteiger partial charge in [-0.25, -0.2) is 0 Å². The van der Waals surface area contributed by atoms with Crippen molar-refractivity contribution in [3.8, 4) is 22.8 Å². The van der Waals surface area contributed by atoms with Gasteiger partial charge in [0.25, 0.3) is 5.91 Å². The minimum Gasteiger partial charge on any atom is -0.490 e. The number of hydrogen-bond acceptors (Lipinski definition) is 5. The van der Waals surface area contributed by atoms with Crippen LogP contribution in [0.2, 0.25) is 0 Å². The molecule has 1 aromatic heterocycles. The monoisotopic (exact) mass is 434 g/mol. The maximum absolute atomic E-state index is 12.8. The lowest BCUT2D eigenvalue weighted by molar-refractivity contribution is 0.0930. The largest absolute Gasteiger partial charge is 0.490 e. The first kappa shape index (κ1) is 21.7. The minimum absolute atomic E-state index is 0.0846. The Kier molecular flexibility index (Phi) is 6.94. The average Bonchev–Trinajstić information content (AvgIpc) is 3.32. The number of anilines is 1. The summed E-state index contributed by atoms with van der Waals surface area (Å²) in [4.78, 5) is 15.1. The standard InChI is InChI=1S/C25H30N4O3/c1-3-31-22-11-10-19(16-23(22)32-4-2)25(30)26-20-12-14-29(15-13-20)24-17-21(27-28-24)18-8-6-5-7-9-18/h5-11,16-17,20H,3-4,12-15H2,1-2H3,(H,26,30)(H,27,28). The van der Waals surface area contributed by atoms with E-state index < -0.39 is 0 Å². The van der Waals surface area contributed by atoms with Gasteiger partial charge in [-0.05, 0) is 50.5 Å². The molecule has 7 heteroatoms. The summed E-state index contributed by atoms with van der Waals surface area (Å²) in [6.45, 7) is 6.59. The third kappa shape index (κ3) is 5.04. The average molecular weight is 435 g/mol. The number of ether oxygens (including phenoxy) is 2. The third-order valence-corrected chi connectivity index (χ3v) is 5.61. The molecule has 0 saturated carbocycles. The van der Waals surface area contributed by atoms with E-state index in [1.54, 1.807) is 18.2 Å². The lowest BCUT2D eigenvalue weighted by Gasteiger charge is -2.32. The molecule has 1 aliphatic rings. The Morgan fingerprint density at radius 3 is 2.47 bits per heavy atom. The zero-order valence-electron chi connectivity index (χ0n) is 18.6. The van der Waals surface area contributed by atoms with Crippen molar-refractivity contribution in [2.45, 2.75) is 32.7 Å². The molecule has 1 saturated heterocycles. The molecular formula is C25H30N4O3. The zero-order chi connectivity index (χ0) is 22.3. The lowest BCUT2D eigenvalue weighted by Crippen LogP contribution is -2.44. The van der Waals surface area contributed by atoms with Crippen LogP contribution >= 0.6 is 0 Å². The van der Waals surface area contributed by atoms with Crippen LogP contribution in [0.15, 0.2) is 54.6 Å². The van der Waals surface area contributed by atoms with Gasteiger partial charge in [-0.3, -0.25) is 9.89 Å². The summed E-state index contributed by atoms with van der Waals surface area (Å²) in [5, 5.41) is 10.8. The molecule has 7 nitrogen and oxygen atoms in total. The highest BCUT2D eigenvalue weighted by Crippen LogP contribution is 2.29. The van der Waals surface area contributed by atoms with Gasteiger partial charge in [0, 0.05) is 30.8 Å². The topological polar surface area (TPSA) is 79.5 Å². The van der Waals surface area contributed by atoms with Gasteiger partial charge in [-0.15, -0.1) is 0 Å². The Labute approximate surface area is 188 Å². The van der Waals surface area contributed by atoms with Gasteiger partial charge in [0.1, 0.15) is 0 Å². The van der Waals surface area contributed by atoms with Crippen molar-refractivity contribution in [2.24, 2.45) is 0 Å². The molecule has 0 bridgehead atoms. The highest BCUT2D eigenvalue weighted by atomic mass is 16.5. The van der Waals surface area contributed by atoms with Crippen molar-refractivity contribution >= 4 is 11.7 Å². The molecule has 2 aromatic carbocycles. The van der Waals surface area contributed by atoms with Crippen LogP contribution in [0.25, 0.3) is 11.3 Å². The van der Waals surface area contributed by atoms with Gasteiger partial charge >= 0.3 is 0 Å². The number of benzene rings is 2. The molecule has 32 heavy (non-hydrogen) atoms. The zero-order valence-corrected chi connectivity index (χ0v) is 18.6. The summed E-state index contributed by atoms with van der Waals surface area (Å²) < 4.78 is 11.2. The van der Waals surface area contributed by atoms with E-state index in [1.807, 2.05) is 32.0 Å². The van der Waals surface area contributed by atoms with Crippen LogP contribution in [-0.4, -0.2) is 48.4 Å². The number of H-pyrrole nitrogens is 1. The number of nitrogens with zero attached hydrogens (tertiary/aromatic N) is 2. The molecule has 0 radical (unpaired) electrons. The van der Waals surface area contributed by atoms with Crippen LogP contribution in [0, 0.1) is 0 Å². The Hall–Kier alpha value is -3.48. The van der Waals surface area contributed by atoms with Crippen molar-refractivity contribution in [3.05, 3.63) is 60.2 Å². The second-order valence-corrected chi connectivity index (χ2v) is 7.77. The number of piperidine rings is 1. The fourth-order valence-corrected chi connectivity index (χ4v) is 3.95. The predicted octanol–water partition coefficient (Wildman–Crippen LogP) is 4.27. The van der Waals surface area contributed by atoms with Gasteiger partial charge in [0.05, 0.1) is 18.9 Å². The molecule has 4 rings (SSSR count). The SMILES string of the molecule is CCOc1ccc(C(=O)NC2CCN(c3cc(-c4ccccc4)[nH]n3)CC2)cc1OCC. The second-order valence-electron chi connectivity index (χ2n) is 7.77. The second kappa shape index (κ2) is 10.2. The summed E-state index contributed by atoms with van der Waals surface area (Å²) >= 11 is 0. The normalized spacial score (nSPS) is 14.2. The number of aromatic amines is 1. The number of hydrogen-bond donors (Lipinski definition) is 2. The number of nitrogens with one attached hydrogen (secondary N) is 2. The maximum atomic E-state index is 12.8. The first-order valence-electron chi connectivity index (χ1n) is 11.2. The fourth-order valence-electron chi connectivity index (χ4n) is 3.95. The molecule has 1 fully saturated rings. The molecule has 168 valence electrons. The number of carbonyl (C=O) groups excluding carboxylic acids is 1. The maximum Gasteiger partial charge on any atom is 0.251 e. The molecule has 0 atom stereocenters. The smallest absolute Gasteiger partial charge is 0.251 e. The molecule has 0 spiro atoms. The van der Waals surface area contributed by atoms with Gasteiger partial charge < -0.3 is 19.7 Å². The van der Waals surface area contributed by atoms with E-state index >= 15 is 0 Å². The van der Waals surface area contributed by atoms with E-state index in [1.165, 1.54) is 0 Å². The number of rotatable bonds is 8. The van der Waals surface area contributed by atoms with Crippen LogP contribution in [0.3, 0.4) is 0 Å². The summed E-state index contributed by atoms with van der Waals surface area (Å²) in [5.74, 6) is 2.12. The van der Waals surface area contributed by atoms with Crippen LogP contribution in [-0.2, 0) is 0 Å². The van der Waals surface area contributed by atoms with Crippen molar-refractivity contribution < 1.29 is 14.3 Å². The summed E-state index contributed by atoms with van der Waals surface area (Å²) in [6, 6.07) is 17.7. The molecular weight excluding hydrogens is 404 g/mol. The summed E-state index contributed by atoms with van der Waals surface area (Å²) in [6.07, 6.45) is 1.74. The van der Waals surface area contributed by atoms with Gasteiger partial charge in [0.15, 0.2) is 17.3 Å². The Bertz CT molecular complexity index is 1030. The molecule has 0 aliphatic carbocycles. The number of amides is 1. The number of aromatic nitrogens is 2. The van der Waals surface area contributed by atoms with Crippen molar-refractivity contribution in [1.82, 2.24) is 15.5 Å². The van der Waals surface area contributed by atoms with Crippen molar-refractivity contribution in [1.29, 1.82) is 0 Å². The summed E-state index contributed by atoms with van der Waals surface area (Å²) in [7, 11) is 0. The molecule has 0 unspecified atom stereocenters. The van der Waals surface area contributed by atoms with Crippen LogP contribution in [0.1, 0.15) is 37.0 Å². The quantitative estimate of drug-likeness (QED) is 0.553. The van der Waals surface area contributed by atoms with E-state index in [-0.39, 0.29) is 11.9 Å². The van der Waals surface area contributed by atoms with E-state index in [4.69, 9.17) is 9.47 Å². The summed E-state index contributed by atoms with van der Waals surface area (Å²) in [5.41, 5.74) is 2.71. The molecule has 2 N–H and O–H groups in total. The van der Waals surface area contributed by atoms with Crippen molar-refractivity contribution in [3.63, 3.8) is 0 Å². The fraction of sp³-hybridized carbons (Fsp3) is 0.360. The third-order valence-electron chi connectivity index (χ3n) is 5.61. The minimum atomic E-state index is -0.0846. The first-order valence-corrected chi connectivity index (χ1v) is 11.2. The van der Waals surface area contributed by atoms with Crippen LogP contribution in [0.4, 0.5) is 5.82 Å². The molecule has 1 aliphatic heterocycles. The highest BCUT2D eigenvalue weighted by molar-refractivity contribution is 5.95. The van der Waals surface area contributed by atoms with E-state index in [0.29, 0.717) is 30.3 Å². The predicted molar refractivity (Wildman–Crippen MR) is 126 cm³/mol. The first-order chi connectivity index (χ1) is 15.7. The number of carbonyl (C=O) groups is 1. The molecule has 1 amide bonds. The van der Waals surface area contributed by atoms with Gasteiger partial charge in [-0.1, -0.05) is 30.3 Å². The Balaban J connectivity index is 1.34. The van der Waals surface area contributed by atoms with Crippen molar-refractivity contribution in [2.75, 3.05) is 31.2 Å². The van der Waals surface area contributed by atoms with Gasteiger partial charge in [-0.2, -0.15) is 5.10 Å². The van der Waals surface area contributed by atoms with Crippen LogP contribution in [0.5, 0.6) is 11.5 Å². The van der Waals surface area contributed by atoms with E-state index in [2.05, 4.69) is 38.6 Å². The Morgan fingerprint density at radius 1 is 1.03 bits per heavy atom. The van der Waals surface area contributed by atoms with Crippen LogP contribution < -0.4 is 19.7 Å². The Morgan fingerprint density at radius 2 is 1.75 bits per heavy atom. The van der Waals surface area contributed by atoms with E-state index in [9.17, 15) is 4.79 Å². The molecule has 2 heterocycles. The molecule has 3 aromatic rings. The lowest BCUT2D eigenvalue weighted by atomic mass is 10.0. The van der Waals surface area contributed by atoms with E-state index in [0.717, 1.165) is 43.0 Å². The highest BCUT2D eigenvalue weighted by Gasteiger charge is 2.23.